The van der Waals surface area contributed by atoms with Crippen molar-refractivity contribution in [3.8, 4) is 0 Å². The van der Waals surface area contributed by atoms with Crippen molar-refractivity contribution in [3.63, 3.8) is 0 Å². The summed E-state index contributed by atoms with van der Waals surface area (Å²) in [5.41, 5.74) is 3.01. The van der Waals surface area contributed by atoms with E-state index in [1.54, 1.807) is 18.2 Å². The summed E-state index contributed by atoms with van der Waals surface area (Å²) in [5.74, 6) is -0.118. The first kappa shape index (κ1) is 14.4. The number of carbonyl (C=O) groups is 1. The molecule has 108 valence electrons. The molecule has 21 heavy (non-hydrogen) atoms. The lowest BCUT2D eigenvalue weighted by molar-refractivity contribution is -0.117. The molecule has 1 atom stereocenters. The van der Waals surface area contributed by atoms with Crippen LogP contribution in [0.1, 0.15) is 29.9 Å². The van der Waals surface area contributed by atoms with Gasteiger partial charge in [-0.3, -0.25) is 4.79 Å². The van der Waals surface area contributed by atoms with E-state index in [1.165, 1.54) is 5.56 Å². The molecule has 0 spiro atoms. The Hall–Kier alpha value is -1.51. The van der Waals surface area contributed by atoms with Gasteiger partial charge in [0.05, 0.1) is 16.6 Å². The minimum atomic E-state index is -0.110. The van der Waals surface area contributed by atoms with Gasteiger partial charge >= 0.3 is 0 Å². The van der Waals surface area contributed by atoms with Gasteiger partial charge in [-0.1, -0.05) is 47.5 Å². The Bertz CT molecular complexity index is 684. The van der Waals surface area contributed by atoms with E-state index in [9.17, 15) is 4.79 Å². The third-order valence-electron chi connectivity index (χ3n) is 3.87. The summed E-state index contributed by atoms with van der Waals surface area (Å²) in [7, 11) is 0. The van der Waals surface area contributed by atoms with E-state index in [-0.39, 0.29) is 11.8 Å². The molecule has 0 aliphatic heterocycles. The Kier molecular flexibility index (Phi) is 4.18. The summed E-state index contributed by atoms with van der Waals surface area (Å²) in [5, 5.41) is 3.93. The fourth-order valence-corrected chi connectivity index (χ4v) is 3.29. The number of hydrogen-bond acceptors (Lipinski definition) is 1. The average Bonchev–Trinajstić information content (AvgIpc) is 2.49. The van der Waals surface area contributed by atoms with Gasteiger partial charge < -0.3 is 5.32 Å². The summed E-state index contributed by atoms with van der Waals surface area (Å²) in [6, 6.07) is 13.2. The van der Waals surface area contributed by atoms with Gasteiger partial charge in [0.25, 0.3) is 0 Å². The van der Waals surface area contributed by atoms with Crippen LogP contribution in [0, 0.1) is 0 Å². The molecule has 1 unspecified atom stereocenters. The normalized spacial score (nSPS) is 17.1. The van der Waals surface area contributed by atoms with Crippen molar-refractivity contribution < 1.29 is 4.79 Å². The molecule has 0 saturated carbocycles. The van der Waals surface area contributed by atoms with E-state index in [1.807, 2.05) is 18.2 Å². The van der Waals surface area contributed by atoms with E-state index in [4.69, 9.17) is 23.2 Å². The third kappa shape index (κ3) is 3.07. The second-order valence-corrected chi connectivity index (χ2v) is 6.10. The topological polar surface area (TPSA) is 29.1 Å². The molecule has 0 bridgehead atoms. The van der Waals surface area contributed by atoms with Crippen molar-refractivity contribution in [1.29, 1.82) is 0 Å². The number of hydrogen-bond donors (Lipinski definition) is 1. The molecular formula is C17H15Cl2NO. The van der Waals surface area contributed by atoms with Crippen LogP contribution in [0.15, 0.2) is 42.5 Å². The first-order valence-electron chi connectivity index (χ1n) is 6.99. The number of nitrogens with one attached hydrogen (secondary N) is 1. The minimum absolute atomic E-state index is 0.00799. The maximum Gasteiger partial charge on any atom is 0.231 e. The zero-order valence-electron chi connectivity index (χ0n) is 11.4. The van der Waals surface area contributed by atoms with Crippen LogP contribution >= 0.6 is 23.2 Å². The Morgan fingerprint density at radius 3 is 2.76 bits per heavy atom. The number of aryl methyl sites for hydroxylation is 1. The maximum absolute atomic E-state index is 12.6. The highest BCUT2D eigenvalue weighted by Gasteiger charge is 2.26. The first-order chi connectivity index (χ1) is 10.1. The van der Waals surface area contributed by atoms with Gasteiger partial charge in [0.15, 0.2) is 0 Å². The highest BCUT2D eigenvalue weighted by atomic mass is 35.5. The smallest absolute Gasteiger partial charge is 0.231 e. The minimum Gasteiger partial charge on any atom is -0.324 e. The van der Waals surface area contributed by atoms with Gasteiger partial charge in [-0.2, -0.15) is 0 Å². The molecule has 1 N–H and O–H groups in total. The number of benzene rings is 2. The molecular weight excluding hydrogens is 305 g/mol. The monoisotopic (exact) mass is 319 g/mol. The summed E-state index contributed by atoms with van der Waals surface area (Å²) in [4.78, 5) is 12.6. The Morgan fingerprint density at radius 2 is 1.95 bits per heavy atom. The van der Waals surface area contributed by atoms with Crippen LogP contribution in [0.5, 0.6) is 0 Å². The molecule has 2 aromatic rings. The highest BCUT2D eigenvalue weighted by molar-refractivity contribution is 6.36. The van der Waals surface area contributed by atoms with Gasteiger partial charge in [0.1, 0.15) is 0 Å². The molecule has 2 nitrogen and oxygen atoms in total. The van der Waals surface area contributed by atoms with Gasteiger partial charge in [0.2, 0.25) is 5.91 Å². The number of halogens is 2. The lowest BCUT2D eigenvalue weighted by Gasteiger charge is -2.24. The zero-order valence-corrected chi connectivity index (χ0v) is 12.9. The van der Waals surface area contributed by atoms with Crippen molar-refractivity contribution in [2.75, 3.05) is 5.32 Å². The molecule has 1 amide bonds. The second-order valence-electron chi connectivity index (χ2n) is 5.26. The molecule has 0 radical (unpaired) electrons. The van der Waals surface area contributed by atoms with E-state index in [0.717, 1.165) is 24.8 Å². The standard InChI is InChI=1S/C17H15Cl2NO/c18-12-8-9-16(15(19)10-12)20-17(21)14-7-3-5-11-4-1-2-6-13(11)14/h1-2,4,6,8-10,14H,3,5,7H2,(H,20,21). The van der Waals surface area contributed by atoms with Crippen LogP contribution in [-0.4, -0.2) is 5.91 Å². The SMILES string of the molecule is O=C(Nc1ccc(Cl)cc1Cl)C1CCCc2ccccc21. The molecule has 4 heteroatoms. The zero-order chi connectivity index (χ0) is 14.8. The lowest BCUT2D eigenvalue weighted by atomic mass is 9.82. The molecule has 2 aromatic carbocycles. The van der Waals surface area contributed by atoms with Crippen molar-refractivity contribution >= 4 is 34.8 Å². The fraction of sp³-hybridized carbons (Fsp3) is 0.235. The predicted molar refractivity (Wildman–Crippen MR) is 87.2 cm³/mol. The summed E-state index contributed by atoms with van der Waals surface area (Å²) < 4.78 is 0. The Morgan fingerprint density at radius 1 is 1.14 bits per heavy atom. The van der Waals surface area contributed by atoms with Gasteiger partial charge in [-0.25, -0.2) is 0 Å². The molecule has 0 aromatic heterocycles. The maximum atomic E-state index is 12.6. The fourth-order valence-electron chi connectivity index (χ4n) is 2.84. The van der Waals surface area contributed by atoms with Crippen LogP contribution < -0.4 is 5.32 Å². The lowest BCUT2D eigenvalue weighted by Crippen LogP contribution is -2.24. The molecule has 1 aliphatic carbocycles. The van der Waals surface area contributed by atoms with Crippen LogP contribution in [0.3, 0.4) is 0 Å². The van der Waals surface area contributed by atoms with Crippen LogP contribution in [0.2, 0.25) is 10.0 Å². The van der Waals surface area contributed by atoms with Gasteiger partial charge in [-0.15, -0.1) is 0 Å². The van der Waals surface area contributed by atoms with Crippen molar-refractivity contribution in [3.05, 3.63) is 63.6 Å². The molecule has 0 heterocycles. The Labute approximate surface area is 134 Å². The number of carbonyl (C=O) groups excluding carboxylic acids is 1. The van der Waals surface area contributed by atoms with Crippen molar-refractivity contribution in [2.24, 2.45) is 0 Å². The predicted octanol–water partition coefficient (Wildman–Crippen LogP) is 5.05. The van der Waals surface area contributed by atoms with Crippen molar-refractivity contribution in [2.45, 2.75) is 25.2 Å². The quantitative estimate of drug-likeness (QED) is 0.824. The van der Waals surface area contributed by atoms with E-state index in [2.05, 4.69) is 11.4 Å². The summed E-state index contributed by atoms with van der Waals surface area (Å²) in [6.45, 7) is 0. The van der Waals surface area contributed by atoms with Crippen LogP contribution in [0.25, 0.3) is 0 Å². The molecule has 3 rings (SSSR count). The number of anilines is 1. The van der Waals surface area contributed by atoms with E-state index >= 15 is 0 Å². The van der Waals surface area contributed by atoms with E-state index in [0.29, 0.717) is 15.7 Å². The first-order valence-corrected chi connectivity index (χ1v) is 7.74. The average molecular weight is 320 g/mol. The summed E-state index contributed by atoms with van der Waals surface area (Å²) >= 11 is 12.0. The van der Waals surface area contributed by atoms with Gasteiger partial charge in [0, 0.05) is 5.02 Å². The molecule has 0 fully saturated rings. The van der Waals surface area contributed by atoms with E-state index < -0.39 is 0 Å². The van der Waals surface area contributed by atoms with Crippen LogP contribution in [-0.2, 0) is 11.2 Å². The number of amides is 1. The summed E-state index contributed by atoms with van der Waals surface area (Å²) in [6.07, 6.45) is 2.94. The Balaban J connectivity index is 1.83. The largest absolute Gasteiger partial charge is 0.324 e. The molecule has 0 saturated heterocycles. The number of fused-ring (bicyclic) bond motifs is 1. The molecule has 1 aliphatic rings. The van der Waals surface area contributed by atoms with Crippen LogP contribution in [0.4, 0.5) is 5.69 Å². The second kappa shape index (κ2) is 6.08. The highest BCUT2D eigenvalue weighted by Crippen LogP contribution is 2.33. The number of rotatable bonds is 2. The van der Waals surface area contributed by atoms with Crippen molar-refractivity contribution in [1.82, 2.24) is 0 Å². The van der Waals surface area contributed by atoms with Gasteiger partial charge in [-0.05, 0) is 48.6 Å². The third-order valence-corrected chi connectivity index (χ3v) is 4.42.